The number of rotatable bonds is 1. The summed E-state index contributed by atoms with van der Waals surface area (Å²) >= 11 is 6.97. The molecule has 1 N–H and O–H groups in total. The second-order valence-corrected chi connectivity index (χ2v) is 7.58. The number of dihydropyridines is 1. The Morgan fingerprint density at radius 1 is 1.04 bits per heavy atom. The molecule has 0 bridgehead atoms. The molecule has 0 saturated heterocycles. The third kappa shape index (κ3) is 2.39. The van der Waals surface area contributed by atoms with Crippen molar-refractivity contribution in [1.29, 1.82) is 0 Å². The number of esters is 1. The molecule has 1 atom stereocenters. The van der Waals surface area contributed by atoms with E-state index in [0.29, 0.717) is 12.0 Å². The Morgan fingerprint density at radius 2 is 1.87 bits per heavy atom. The normalized spacial score (nSPS) is 23.5. The summed E-state index contributed by atoms with van der Waals surface area (Å²) in [6.45, 7) is 0.257. The minimum atomic E-state index is -0.339. The van der Waals surface area contributed by atoms with Crippen LogP contribution in [0.5, 0.6) is 0 Å². The smallest absolute Gasteiger partial charge is 0.337 e. The SMILES string of the molecule is O=C1CCCC2=C1[C@@H](c1ccc(Br)c(Br)c1)C1=C(COC1=O)N2. The summed E-state index contributed by atoms with van der Waals surface area (Å²) in [7, 11) is 0. The van der Waals surface area contributed by atoms with Gasteiger partial charge in [-0.05, 0) is 62.4 Å². The first-order valence-corrected chi connectivity index (χ1v) is 9.03. The van der Waals surface area contributed by atoms with Crippen LogP contribution in [0.4, 0.5) is 0 Å². The Hall–Kier alpha value is -1.40. The van der Waals surface area contributed by atoms with Gasteiger partial charge in [0.2, 0.25) is 0 Å². The standard InChI is InChI=1S/C17H13Br2NO3/c18-9-5-4-8(6-10(9)19)14-15-11(2-1-3-13(15)21)20-12-7-23-17(22)16(12)14/h4-6,14,20H,1-3,7H2/t14-/m1/s1. The van der Waals surface area contributed by atoms with E-state index >= 15 is 0 Å². The zero-order valence-electron chi connectivity index (χ0n) is 12.1. The van der Waals surface area contributed by atoms with E-state index < -0.39 is 0 Å². The summed E-state index contributed by atoms with van der Waals surface area (Å²) in [6, 6.07) is 5.84. The highest BCUT2D eigenvalue weighted by Crippen LogP contribution is 2.45. The zero-order valence-corrected chi connectivity index (χ0v) is 15.3. The Bertz CT molecular complexity index is 810. The molecule has 0 unspecified atom stereocenters. The van der Waals surface area contributed by atoms with E-state index in [4.69, 9.17) is 4.74 Å². The summed E-state index contributed by atoms with van der Waals surface area (Å²) in [5.74, 6) is -0.552. The average Bonchev–Trinajstić information content (AvgIpc) is 2.90. The third-order valence-electron chi connectivity index (χ3n) is 4.50. The van der Waals surface area contributed by atoms with E-state index in [1.165, 1.54) is 0 Å². The van der Waals surface area contributed by atoms with Crippen LogP contribution in [0.15, 0.2) is 49.7 Å². The van der Waals surface area contributed by atoms with Crippen LogP contribution in [-0.4, -0.2) is 18.4 Å². The summed E-state index contributed by atoms with van der Waals surface area (Å²) in [6.07, 6.45) is 2.21. The molecule has 0 radical (unpaired) electrons. The van der Waals surface area contributed by atoms with Crippen LogP contribution < -0.4 is 5.32 Å². The highest BCUT2D eigenvalue weighted by atomic mass is 79.9. The molecular weight excluding hydrogens is 426 g/mol. The summed E-state index contributed by atoms with van der Waals surface area (Å²) in [5, 5.41) is 3.28. The molecule has 0 spiro atoms. The number of carbonyl (C=O) groups is 2. The number of Topliss-reactive ketones (excluding diaryl/α,β-unsaturated/α-hetero) is 1. The molecule has 2 aliphatic heterocycles. The van der Waals surface area contributed by atoms with Crippen LogP contribution in [0.3, 0.4) is 0 Å². The number of cyclic esters (lactones) is 1. The van der Waals surface area contributed by atoms with Gasteiger partial charge in [-0.3, -0.25) is 4.79 Å². The molecule has 1 aliphatic carbocycles. The van der Waals surface area contributed by atoms with Crippen molar-refractivity contribution in [2.75, 3.05) is 6.61 Å². The van der Waals surface area contributed by atoms with Gasteiger partial charge in [-0.1, -0.05) is 6.07 Å². The first-order chi connectivity index (χ1) is 11.1. The molecular formula is C17H13Br2NO3. The van der Waals surface area contributed by atoms with Gasteiger partial charge < -0.3 is 10.1 Å². The summed E-state index contributed by atoms with van der Waals surface area (Å²) in [5.41, 5.74) is 3.97. The Kier molecular flexibility index (Phi) is 3.69. The van der Waals surface area contributed by atoms with Crippen molar-refractivity contribution in [3.63, 3.8) is 0 Å². The minimum Gasteiger partial charge on any atom is -0.456 e. The minimum absolute atomic E-state index is 0.119. The van der Waals surface area contributed by atoms with Crippen molar-refractivity contribution in [2.24, 2.45) is 0 Å². The fourth-order valence-electron chi connectivity index (χ4n) is 3.49. The van der Waals surface area contributed by atoms with Crippen LogP contribution in [0.2, 0.25) is 0 Å². The predicted molar refractivity (Wildman–Crippen MR) is 91.6 cm³/mol. The molecule has 1 aromatic carbocycles. The van der Waals surface area contributed by atoms with E-state index in [9.17, 15) is 9.59 Å². The van der Waals surface area contributed by atoms with Crippen LogP contribution in [-0.2, 0) is 14.3 Å². The highest BCUT2D eigenvalue weighted by Gasteiger charge is 2.42. The van der Waals surface area contributed by atoms with Gasteiger partial charge in [0.15, 0.2) is 5.78 Å². The number of benzene rings is 1. The highest BCUT2D eigenvalue weighted by molar-refractivity contribution is 9.13. The van der Waals surface area contributed by atoms with E-state index in [1.807, 2.05) is 18.2 Å². The van der Waals surface area contributed by atoms with Crippen molar-refractivity contribution in [2.45, 2.75) is 25.2 Å². The zero-order chi connectivity index (χ0) is 16.1. The van der Waals surface area contributed by atoms with Gasteiger partial charge in [0.25, 0.3) is 0 Å². The van der Waals surface area contributed by atoms with E-state index in [2.05, 4.69) is 37.2 Å². The summed E-state index contributed by atoms with van der Waals surface area (Å²) in [4.78, 5) is 24.8. The molecule has 118 valence electrons. The molecule has 4 rings (SSSR count). The first-order valence-electron chi connectivity index (χ1n) is 7.44. The van der Waals surface area contributed by atoms with Crippen LogP contribution >= 0.6 is 31.9 Å². The van der Waals surface area contributed by atoms with Crippen molar-refractivity contribution in [3.8, 4) is 0 Å². The van der Waals surface area contributed by atoms with Crippen molar-refractivity contribution in [3.05, 3.63) is 55.2 Å². The Morgan fingerprint density at radius 3 is 2.65 bits per heavy atom. The van der Waals surface area contributed by atoms with E-state index in [0.717, 1.165) is 44.3 Å². The lowest BCUT2D eigenvalue weighted by Crippen LogP contribution is -2.32. The van der Waals surface area contributed by atoms with Gasteiger partial charge in [0, 0.05) is 32.6 Å². The number of halogens is 2. The number of nitrogens with one attached hydrogen (secondary N) is 1. The maximum absolute atomic E-state index is 12.6. The lowest BCUT2D eigenvalue weighted by atomic mass is 9.75. The van der Waals surface area contributed by atoms with Crippen molar-refractivity contribution < 1.29 is 14.3 Å². The maximum atomic E-state index is 12.6. The second-order valence-electron chi connectivity index (χ2n) is 5.87. The third-order valence-corrected chi connectivity index (χ3v) is 6.38. The molecule has 0 aromatic heterocycles. The van der Waals surface area contributed by atoms with Gasteiger partial charge in [-0.2, -0.15) is 0 Å². The Balaban J connectivity index is 1.91. The molecule has 6 heteroatoms. The van der Waals surface area contributed by atoms with Gasteiger partial charge in [-0.25, -0.2) is 4.79 Å². The van der Waals surface area contributed by atoms with Crippen LogP contribution in [0.25, 0.3) is 0 Å². The van der Waals surface area contributed by atoms with Gasteiger partial charge in [0.1, 0.15) is 6.61 Å². The van der Waals surface area contributed by atoms with Crippen molar-refractivity contribution >= 4 is 43.6 Å². The maximum Gasteiger partial charge on any atom is 0.337 e. The number of ether oxygens (including phenoxy) is 1. The largest absolute Gasteiger partial charge is 0.456 e. The lowest BCUT2D eigenvalue weighted by Gasteiger charge is -2.32. The fraction of sp³-hybridized carbons (Fsp3) is 0.294. The molecule has 0 amide bonds. The van der Waals surface area contributed by atoms with Gasteiger partial charge in [0.05, 0.1) is 11.3 Å². The Labute approximate surface area is 150 Å². The molecule has 1 aromatic rings. The van der Waals surface area contributed by atoms with Crippen LogP contribution in [0, 0.1) is 0 Å². The fourth-order valence-corrected chi connectivity index (χ4v) is 4.14. The van der Waals surface area contributed by atoms with E-state index in [1.54, 1.807) is 0 Å². The topological polar surface area (TPSA) is 55.4 Å². The van der Waals surface area contributed by atoms with E-state index in [-0.39, 0.29) is 24.3 Å². The van der Waals surface area contributed by atoms with Gasteiger partial charge >= 0.3 is 5.97 Å². The molecule has 2 heterocycles. The molecule has 0 fully saturated rings. The molecule has 3 aliphatic rings. The second kappa shape index (κ2) is 5.60. The predicted octanol–water partition coefficient (Wildman–Crippen LogP) is 3.72. The molecule has 0 saturated carbocycles. The number of ketones is 1. The first kappa shape index (κ1) is 15.1. The lowest BCUT2D eigenvalue weighted by molar-refractivity contribution is -0.136. The van der Waals surface area contributed by atoms with Crippen LogP contribution in [0.1, 0.15) is 30.7 Å². The number of carbonyl (C=O) groups excluding carboxylic acids is 2. The number of hydrogen-bond donors (Lipinski definition) is 1. The number of allylic oxidation sites excluding steroid dienone is 2. The van der Waals surface area contributed by atoms with Gasteiger partial charge in [-0.15, -0.1) is 0 Å². The summed E-state index contributed by atoms with van der Waals surface area (Å²) < 4.78 is 7.04. The quantitative estimate of drug-likeness (QED) is 0.679. The number of hydrogen-bond acceptors (Lipinski definition) is 4. The molecule has 4 nitrogen and oxygen atoms in total. The average molecular weight is 439 g/mol. The van der Waals surface area contributed by atoms with Crippen molar-refractivity contribution in [1.82, 2.24) is 5.32 Å². The monoisotopic (exact) mass is 437 g/mol. The molecule has 23 heavy (non-hydrogen) atoms.